The van der Waals surface area contributed by atoms with Gasteiger partial charge in [0.15, 0.2) is 0 Å². The first-order chi connectivity index (χ1) is 11.0. The number of nitrogens with one attached hydrogen (secondary N) is 2. The summed E-state index contributed by atoms with van der Waals surface area (Å²) >= 11 is 0. The SMILES string of the molecule is N=C(N)c1ccc(-c2ccn(-c3ccc(C(=N)N)cc3)c2)cc1. The Balaban J connectivity index is 1.87. The Bertz CT molecular complexity index is 785. The highest BCUT2D eigenvalue weighted by molar-refractivity contribution is 5.95. The van der Waals surface area contributed by atoms with E-state index < -0.39 is 0 Å². The van der Waals surface area contributed by atoms with Crippen LogP contribution < -0.4 is 11.5 Å². The van der Waals surface area contributed by atoms with Gasteiger partial charge in [0.05, 0.1) is 0 Å². The molecule has 0 saturated heterocycles. The molecule has 2 aromatic carbocycles. The lowest BCUT2D eigenvalue weighted by Crippen LogP contribution is -2.10. The van der Waals surface area contributed by atoms with E-state index in [1.807, 2.05) is 71.6 Å². The van der Waals surface area contributed by atoms with E-state index in [4.69, 9.17) is 22.3 Å². The minimum absolute atomic E-state index is 0.0651. The molecule has 5 heteroatoms. The predicted octanol–water partition coefficient (Wildman–Crippen LogP) is 2.71. The Hall–Kier alpha value is -3.34. The fourth-order valence-corrected chi connectivity index (χ4v) is 2.38. The van der Waals surface area contributed by atoms with Gasteiger partial charge in [-0.15, -0.1) is 0 Å². The Morgan fingerprint density at radius 2 is 1.22 bits per heavy atom. The van der Waals surface area contributed by atoms with Crippen molar-refractivity contribution in [3.05, 3.63) is 78.1 Å². The van der Waals surface area contributed by atoms with Crippen molar-refractivity contribution in [1.29, 1.82) is 10.8 Å². The van der Waals surface area contributed by atoms with E-state index >= 15 is 0 Å². The van der Waals surface area contributed by atoms with Gasteiger partial charge >= 0.3 is 0 Å². The van der Waals surface area contributed by atoms with Crippen LogP contribution in [-0.4, -0.2) is 16.2 Å². The molecule has 0 saturated carbocycles. The van der Waals surface area contributed by atoms with E-state index in [9.17, 15) is 0 Å². The third-order valence-electron chi connectivity index (χ3n) is 3.70. The summed E-state index contributed by atoms with van der Waals surface area (Å²) in [5.74, 6) is 0.134. The minimum atomic E-state index is 0.0651. The minimum Gasteiger partial charge on any atom is -0.384 e. The van der Waals surface area contributed by atoms with E-state index in [1.165, 1.54) is 0 Å². The van der Waals surface area contributed by atoms with E-state index in [0.717, 1.165) is 16.8 Å². The maximum Gasteiger partial charge on any atom is 0.122 e. The molecule has 6 N–H and O–H groups in total. The van der Waals surface area contributed by atoms with Crippen molar-refractivity contribution in [2.24, 2.45) is 11.5 Å². The zero-order valence-electron chi connectivity index (χ0n) is 12.5. The first kappa shape index (κ1) is 14.6. The molecular formula is C18H17N5. The summed E-state index contributed by atoms with van der Waals surface area (Å²) in [5, 5.41) is 14.8. The fraction of sp³-hybridized carbons (Fsp3) is 0. The van der Waals surface area contributed by atoms with Crippen LogP contribution in [0.4, 0.5) is 0 Å². The number of nitrogen functional groups attached to an aromatic ring is 2. The van der Waals surface area contributed by atoms with Gasteiger partial charge in [-0.05, 0) is 41.5 Å². The van der Waals surface area contributed by atoms with Crippen LogP contribution in [0.15, 0.2) is 67.0 Å². The Kier molecular flexibility index (Phi) is 3.68. The maximum atomic E-state index is 7.42. The van der Waals surface area contributed by atoms with Crippen LogP contribution in [0.1, 0.15) is 11.1 Å². The highest BCUT2D eigenvalue weighted by Gasteiger charge is 2.04. The second-order valence-corrected chi connectivity index (χ2v) is 5.26. The third kappa shape index (κ3) is 2.98. The lowest BCUT2D eigenvalue weighted by atomic mass is 10.1. The van der Waals surface area contributed by atoms with E-state index in [-0.39, 0.29) is 11.7 Å². The quantitative estimate of drug-likeness (QED) is 0.439. The highest BCUT2D eigenvalue weighted by atomic mass is 14.9. The molecule has 1 aromatic heterocycles. The van der Waals surface area contributed by atoms with Crippen LogP contribution in [0.3, 0.4) is 0 Å². The summed E-state index contributed by atoms with van der Waals surface area (Å²) < 4.78 is 2.01. The molecule has 0 fully saturated rings. The standard InChI is InChI=1S/C18H17N5/c19-17(20)13-3-1-12(2-4-13)15-9-10-23(11-15)16-7-5-14(6-8-16)18(21)22/h1-11H,(H3,19,20)(H3,21,22). The largest absolute Gasteiger partial charge is 0.384 e. The summed E-state index contributed by atoms with van der Waals surface area (Å²) in [6, 6.07) is 17.1. The zero-order valence-corrected chi connectivity index (χ0v) is 12.5. The molecule has 1 heterocycles. The van der Waals surface area contributed by atoms with Gasteiger partial charge in [-0.2, -0.15) is 0 Å². The number of aromatic nitrogens is 1. The van der Waals surface area contributed by atoms with Crippen LogP contribution in [-0.2, 0) is 0 Å². The maximum absolute atomic E-state index is 7.42. The highest BCUT2D eigenvalue weighted by Crippen LogP contribution is 2.22. The summed E-state index contributed by atoms with van der Waals surface area (Å²) in [6.45, 7) is 0. The molecule has 0 aliphatic rings. The zero-order chi connectivity index (χ0) is 16.4. The average molecular weight is 303 g/mol. The third-order valence-corrected chi connectivity index (χ3v) is 3.70. The van der Waals surface area contributed by atoms with Crippen molar-refractivity contribution in [1.82, 2.24) is 4.57 Å². The van der Waals surface area contributed by atoms with E-state index in [2.05, 4.69) is 0 Å². The van der Waals surface area contributed by atoms with Crippen molar-refractivity contribution in [2.75, 3.05) is 0 Å². The number of rotatable bonds is 4. The first-order valence-corrected chi connectivity index (χ1v) is 7.12. The molecular weight excluding hydrogens is 286 g/mol. The molecule has 3 aromatic rings. The first-order valence-electron chi connectivity index (χ1n) is 7.12. The van der Waals surface area contributed by atoms with E-state index in [0.29, 0.717) is 11.1 Å². The number of amidine groups is 2. The Morgan fingerprint density at radius 3 is 1.74 bits per heavy atom. The molecule has 0 bridgehead atoms. The van der Waals surface area contributed by atoms with Crippen molar-refractivity contribution in [3.63, 3.8) is 0 Å². The molecule has 0 aliphatic heterocycles. The number of hydrogen-bond donors (Lipinski definition) is 4. The molecule has 23 heavy (non-hydrogen) atoms. The Morgan fingerprint density at radius 1 is 0.696 bits per heavy atom. The molecule has 0 atom stereocenters. The second kappa shape index (κ2) is 5.81. The predicted molar refractivity (Wildman–Crippen MR) is 93.2 cm³/mol. The second-order valence-electron chi connectivity index (χ2n) is 5.26. The van der Waals surface area contributed by atoms with Crippen molar-refractivity contribution in [2.45, 2.75) is 0 Å². The molecule has 114 valence electrons. The number of nitrogens with two attached hydrogens (primary N) is 2. The lowest BCUT2D eigenvalue weighted by Gasteiger charge is -2.05. The molecule has 5 nitrogen and oxygen atoms in total. The van der Waals surface area contributed by atoms with Crippen molar-refractivity contribution in [3.8, 4) is 16.8 Å². The van der Waals surface area contributed by atoms with Gasteiger partial charge in [0.25, 0.3) is 0 Å². The summed E-state index contributed by atoms with van der Waals surface area (Å²) in [6.07, 6.45) is 4.02. The van der Waals surface area contributed by atoms with Gasteiger partial charge in [-0.25, -0.2) is 0 Å². The van der Waals surface area contributed by atoms with Gasteiger partial charge in [-0.1, -0.05) is 24.3 Å². The van der Waals surface area contributed by atoms with Crippen LogP contribution in [0.25, 0.3) is 16.8 Å². The van der Waals surface area contributed by atoms with Gasteiger partial charge in [0.2, 0.25) is 0 Å². The molecule has 3 rings (SSSR count). The topological polar surface area (TPSA) is 105 Å². The molecule has 0 amide bonds. The number of hydrogen-bond acceptors (Lipinski definition) is 2. The Labute approximate surface area is 134 Å². The molecule has 0 aliphatic carbocycles. The van der Waals surface area contributed by atoms with Gasteiger partial charge < -0.3 is 16.0 Å². The van der Waals surface area contributed by atoms with Crippen LogP contribution in [0.2, 0.25) is 0 Å². The molecule has 0 unspecified atom stereocenters. The van der Waals surface area contributed by atoms with Crippen molar-refractivity contribution >= 4 is 11.7 Å². The van der Waals surface area contributed by atoms with Crippen LogP contribution in [0.5, 0.6) is 0 Å². The van der Waals surface area contributed by atoms with Gasteiger partial charge in [-0.3, -0.25) is 10.8 Å². The van der Waals surface area contributed by atoms with Crippen LogP contribution in [0, 0.1) is 10.8 Å². The number of benzene rings is 2. The van der Waals surface area contributed by atoms with Gasteiger partial charge in [0, 0.05) is 29.2 Å². The fourth-order valence-electron chi connectivity index (χ4n) is 2.38. The summed E-state index contributed by atoms with van der Waals surface area (Å²) in [5.41, 5.74) is 15.5. The smallest absolute Gasteiger partial charge is 0.122 e. The summed E-state index contributed by atoms with van der Waals surface area (Å²) in [7, 11) is 0. The van der Waals surface area contributed by atoms with E-state index in [1.54, 1.807) is 0 Å². The van der Waals surface area contributed by atoms with Gasteiger partial charge in [0.1, 0.15) is 11.7 Å². The molecule has 0 spiro atoms. The normalized spacial score (nSPS) is 10.4. The number of nitrogens with zero attached hydrogens (tertiary/aromatic N) is 1. The van der Waals surface area contributed by atoms with Crippen LogP contribution >= 0.6 is 0 Å². The monoisotopic (exact) mass is 303 g/mol. The lowest BCUT2D eigenvalue weighted by molar-refractivity contribution is 1.08. The average Bonchev–Trinajstić information content (AvgIpc) is 3.05. The summed E-state index contributed by atoms with van der Waals surface area (Å²) in [4.78, 5) is 0. The molecule has 0 radical (unpaired) electrons. The van der Waals surface area contributed by atoms with Crippen molar-refractivity contribution < 1.29 is 0 Å².